The van der Waals surface area contributed by atoms with Crippen LogP contribution in [0.2, 0.25) is 0 Å². The minimum atomic E-state index is 0.194. The van der Waals surface area contributed by atoms with Crippen molar-refractivity contribution in [2.45, 2.75) is 101 Å². The SMILES string of the molecule is COc1cc2c(cc1OC)C1(CCCCC1)CCc1cc3c(cc1-2)CCC1(CCCCC1)c1cc(OC)c(OC)cc1-3.ClCCl.ClCCl. The molecule has 3 aromatic carbocycles. The molecule has 0 amide bonds. The lowest BCUT2D eigenvalue weighted by atomic mass is 9.66. The first-order chi connectivity index (χ1) is 23.4. The maximum atomic E-state index is 5.88. The third-order valence-corrected chi connectivity index (χ3v) is 11.5. The third kappa shape index (κ3) is 7.25. The summed E-state index contributed by atoms with van der Waals surface area (Å²) in [6, 6.07) is 14.3. The van der Waals surface area contributed by atoms with Gasteiger partial charge in [0.05, 0.1) is 39.1 Å². The summed E-state index contributed by atoms with van der Waals surface area (Å²) in [7, 11) is 7.06. The number of benzene rings is 3. The van der Waals surface area contributed by atoms with Crippen LogP contribution >= 0.6 is 46.4 Å². The van der Waals surface area contributed by atoms with Crippen LogP contribution in [0, 0.1) is 0 Å². The van der Waals surface area contributed by atoms with Crippen LogP contribution in [0.1, 0.15) is 99.3 Å². The molecule has 2 saturated carbocycles. The van der Waals surface area contributed by atoms with E-state index in [-0.39, 0.29) is 21.5 Å². The Hall–Kier alpha value is -1.98. The first-order valence-corrected chi connectivity index (χ1v) is 19.4. The van der Waals surface area contributed by atoms with Crippen LogP contribution in [0.5, 0.6) is 23.0 Å². The van der Waals surface area contributed by atoms with Gasteiger partial charge in [-0.1, -0.05) is 50.7 Å². The normalized spacial score (nSPS) is 18.2. The van der Waals surface area contributed by atoms with E-state index in [1.165, 1.54) is 122 Å². The van der Waals surface area contributed by atoms with E-state index in [2.05, 4.69) is 36.4 Å². The summed E-state index contributed by atoms with van der Waals surface area (Å²) >= 11 is 19.1. The zero-order valence-electron chi connectivity index (χ0n) is 28.9. The highest BCUT2D eigenvalue weighted by Gasteiger charge is 2.41. The Balaban J connectivity index is 0.000000701. The Bertz CT molecular complexity index is 1430. The van der Waals surface area contributed by atoms with Crippen molar-refractivity contribution in [1.82, 2.24) is 0 Å². The predicted octanol–water partition coefficient (Wildman–Crippen LogP) is 12.2. The van der Waals surface area contributed by atoms with Crippen molar-refractivity contribution in [2.75, 3.05) is 39.1 Å². The molecule has 0 radical (unpaired) electrons. The quantitative estimate of drug-likeness (QED) is 0.250. The largest absolute Gasteiger partial charge is 0.493 e. The molecule has 8 heteroatoms. The molecule has 4 nitrogen and oxygen atoms in total. The van der Waals surface area contributed by atoms with Crippen molar-refractivity contribution in [1.29, 1.82) is 0 Å². The fourth-order valence-corrected chi connectivity index (χ4v) is 9.20. The minimum absolute atomic E-state index is 0.194. The Kier molecular flexibility index (Phi) is 13.1. The van der Waals surface area contributed by atoms with Gasteiger partial charge in [-0.05, 0) is 131 Å². The molecule has 2 fully saturated rings. The minimum Gasteiger partial charge on any atom is -0.493 e. The van der Waals surface area contributed by atoms with E-state index in [4.69, 9.17) is 65.4 Å². The van der Waals surface area contributed by atoms with Gasteiger partial charge in [-0.3, -0.25) is 0 Å². The smallest absolute Gasteiger partial charge is 0.161 e. The summed E-state index contributed by atoms with van der Waals surface area (Å²) in [5.74, 6) is 3.36. The van der Waals surface area contributed by atoms with Gasteiger partial charge < -0.3 is 18.9 Å². The summed E-state index contributed by atoms with van der Waals surface area (Å²) < 4.78 is 23.5. The zero-order chi connectivity index (χ0) is 34.3. The Labute approximate surface area is 307 Å². The molecule has 0 unspecified atom stereocenters. The van der Waals surface area contributed by atoms with Crippen LogP contribution in [-0.2, 0) is 23.7 Å². The van der Waals surface area contributed by atoms with Crippen LogP contribution in [0.4, 0.5) is 0 Å². The second-order valence-electron chi connectivity index (χ2n) is 13.6. The molecule has 3 aromatic rings. The molecule has 0 atom stereocenters. The molecule has 0 aliphatic heterocycles. The van der Waals surface area contributed by atoms with Crippen LogP contribution in [0.15, 0.2) is 36.4 Å². The maximum absolute atomic E-state index is 5.88. The number of rotatable bonds is 4. The van der Waals surface area contributed by atoms with Crippen LogP contribution in [0.3, 0.4) is 0 Å². The summed E-state index contributed by atoms with van der Waals surface area (Å²) in [5.41, 5.74) is 11.8. The van der Waals surface area contributed by atoms with Crippen LogP contribution in [0.25, 0.3) is 22.3 Å². The highest BCUT2D eigenvalue weighted by Crippen LogP contribution is 2.56. The van der Waals surface area contributed by atoms with Crippen molar-refractivity contribution in [3.8, 4) is 45.3 Å². The molecule has 7 rings (SSSR count). The molecule has 0 heterocycles. The molecular formula is C40H50Cl4O4. The van der Waals surface area contributed by atoms with Crippen molar-refractivity contribution < 1.29 is 18.9 Å². The van der Waals surface area contributed by atoms with Gasteiger partial charge in [0.25, 0.3) is 0 Å². The number of aryl methyl sites for hydroxylation is 2. The Morgan fingerprint density at radius 3 is 1.06 bits per heavy atom. The van der Waals surface area contributed by atoms with Gasteiger partial charge in [0, 0.05) is 0 Å². The maximum Gasteiger partial charge on any atom is 0.161 e. The van der Waals surface area contributed by atoms with E-state index in [9.17, 15) is 0 Å². The molecule has 2 spiro atoms. The van der Waals surface area contributed by atoms with E-state index in [0.29, 0.717) is 0 Å². The average molecular weight is 737 g/mol. The first kappa shape index (κ1) is 37.3. The van der Waals surface area contributed by atoms with Gasteiger partial charge >= 0.3 is 0 Å². The van der Waals surface area contributed by atoms with Gasteiger partial charge in [0.15, 0.2) is 23.0 Å². The number of alkyl halides is 4. The van der Waals surface area contributed by atoms with E-state index in [0.717, 1.165) is 35.8 Å². The van der Waals surface area contributed by atoms with E-state index in [1.54, 1.807) is 28.4 Å². The van der Waals surface area contributed by atoms with E-state index in [1.807, 2.05) is 0 Å². The second-order valence-corrected chi connectivity index (χ2v) is 15.2. The van der Waals surface area contributed by atoms with Gasteiger partial charge in [-0.15, -0.1) is 46.4 Å². The van der Waals surface area contributed by atoms with Gasteiger partial charge in [-0.25, -0.2) is 0 Å². The number of hydrogen-bond acceptors (Lipinski definition) is 4. The van der Waals surface area contributed by atoms with Gasteiger partial charge in [0.2, 0.25) is 0 Å². The van der Waals surface area contributed by atoms with Crippen molar-refractivity contribution in [2.24, 2.45) is 0 Å². The lowest BCUT2D eigenvalue weighted by Gasteiger charge is -2.38. The number of fused-ring (bicyclic) bond motifs is 8. The molecule has 262 valence electrons. The standard InChI is InChI=1S/C38H46O4.2CH2Cl2/c1-39-33-21-29-27-19-26-12-18-38(15-9-6-10-16-38)32-24-36(42-4)34(40-2)22-30(32)28(26)20-25(27)11-17-37(13-7-5-8-14-37)31(29)23-35(33)41-3;2*2-1-3/h19-24H,5-18H2,1-4H3;2*1H2. The fourth-order valence-electron chi connectivity index (χ4n) is 9.20. The van der Waals surface area contributed by atoms with Crippen molar-refractivity contribution in [3.63, 3.8) is 0 Å². The molecule has 4 aliphatic carbocycles. The highest BCUT2D eigenvalue weighted by molar-refractivity contribution is 6.41. The molecule has 4 aliphatic rings. The topological polar surface area (TPSA) is 36.9 Å². The predicted molar refractivity (Wildman–Crippen MR) is 203 cm³/mol. The first-order valence-electron chi connectivity index (χ1n) is 17.3. The summed E-state index contributed by atoms with van der Waals surface area (Å²) in [5, 5.41) is 0.389. The van der Waals surface area contributed by atoms with E-state index >= 15 is 0 Å². The Morgan fingerprint density at radius 1 is 0.438 bits per heavy atom. The molecular weight excluding hydrogens is 686 g/mol. The lowest BCUT2D eigenvalue weighted by molar-refractivity contribution is 0.274. The van der Waals surface area contributed by atoms with Crippen molar-refractivity contribution >= 4 is 46.4 Å². The summed E-state index contributed by atoms with van der Waals surface area (Å²) in [6.45, 7) is 0. The number of ether oxygens (including phenoxy) is 4. The fraction of sp³-hybridized carbons (Fsp3) is 0.550. The van der Waals surface area contributed by atoms with Gasteiger partial charge in [0.1, 0.15) is 0 Å². The molecule has 0 N–H and O–H groups in total. The molecule has 48 heavy (non-hydrogen) atoms. The monoisotopic (exact) mass is 734 g/mol. The Morgan fingerprint density at radius 2 is 0.750 bits per heavy atom. The van der Waals surface area contributed by atoms with Crippen molar-refractivity contribution in [3.05, 3.63) is 58.7 Å². The number of methoxy groups -OCH3 is 4. The molecule has 0 aromatic heterocycles. The third-order valence-electron chi connectivity index (χ3n) is 11.5. The summed E-state index contributed by atoms with van der Waals surface area (Å²) in [4.78, 5) is 0. The number of hydrogen-bond donors (Lipinski definition) is 0. The van der Waals surface area contributed by atoms with Crippen LogP contribution < -0.4 is 18.9 Å². The highest BCUT2D eigenvalue weighted by atomic mass is 35.5. The lowest BCUT2D eigenvalue weighted by Crippen LogP contribution is -2.29. The number of halogens is 4. The van der Waals surface area contributed by atoms with Crippen LogP contribution in [-0.4, -0.2) is 39.1 Å². The van der Waals surface area contributed by atoms with Gasteiger partial charge in [-0.2, -0.15) is 0 Å². The zero-order valence-corrected chi connectivity index (χ0v) is 31.9. The molecule has 0 saturated heterocycles. The average Bonchev–Trinajstić information content (AvgIpc) is 3.32. The summed E-state index contributed by atoms with van der Waals surface area (Å²) in [6.07, 6.45) is 17.5. The molecule has 0 bridgehead atoms. The second kappa shape index (κ2) is 16.8. The van der Waals surface area contributed by atoms with E-state index < -0.39 is 0 Å².